The number of carbonyl (C=O) groups is 1. The molecule has 0 bridgehead atoms. The molecular weight excluding hydrogens is 584 g/mol. The van der Waals surface area contributed by atoms with Crippen LogP contribution < -0.4 is 15.4 Å². The second-order valence-electron chi connectivity index (χ2n) is 7.86. The Bertz CT molecular complexity index is 1170. The molecule has 5 nitrogen and oxygen atoms in total. The maximum atomic E-state index is 13.5. The number of carbonyl (C=O) groups excluding carboxylic acids is 1. The topological polar surface area (TPSA) is 70.6 Å². The number of benzene rings is 2. The van der Waals surface area contributed by atoms with Crippen molar-refractivity contribution in [3.8, 4) is 5.75 Å². The number of hydrogen-bond donors (Lipinski definition) is 3. The van der Waals surface area contributed by atoms with E-state index in [4.69, 9.17) is 51.1 Å². The van der Waals surface area contributed by atoms with Gasteiger partial charge in [0.25, 0.3) is 0 Å². The minimum atomic E-state index is -5.84. The molecule has 1 saturated carbocycles. The minimum absolute atomic E-state index is 0.0730. The van der Waals surface area contributed by atoms with Gasteiger partial charge in [-0.3, -0.25) is 10.1 Å². The molecule has 0 heterocycles. The predicted molar refractivity (Wildman–Crippen MR) is 123 cm³/mol. The number of ether oxygens (including phenoxy) is 1. The smallest absolute Gasteiger partial charge is 0.454 e. The number of aliphatic hydroxyl groups is 1. The van der Waals surface area contributed by atoms with E-state index in [0.717, 1.165) is 19.2 Å². The summed E-state index contributed by atoms with van der Waals surface area (Å²) in [5.74, 6) is -8.56. The molecule has 0 radical (unpaired) electrons. The summed E-state index contributed by atoms with van der Waals surface area (Å²) in [5.41, 5.74) is -0.0136. The van der Waals surface area contributed by atoms with Crippen LogP contribution in [0.2, 0.25) is 10.0 Å². The number of alkyl halides is 7. The normalized spacial score (nSPS) is 20.1. The van der Waals surface area contributed by atoms with Crippen molar-refractivity contribution in [3.63, 3.8) is 0 Å². The Morgan fingerprint density at radius 2 is 1.78 bits per heavy atom. The van der Waals surface area contributed by atoms with Crippen LogP contribution in [0.25, 0.3) is 0 Å². The molecule has 15 heteroatoms. The van der Waals surface area contributed by atoms with Crippen LogP contribution in [0.3, 0.4) is 0 Å². The number of rotatable bonds is 8. The molecule has 0 aliphatic heterocycles. The second-order valence-corrected chi connectivity index (χ2v) is 10.1. The summed E-state index contributed by atoms with van der Waals surface area (Å²) in [6.45, 7) is -1.94. The lowest BCUT2D eigenvalue weighted by molar-refractivity contribution is -0.280. The summed E-state index contributed by atoms with van der Waals surface area (Å²) in [6.07, 6.45) is -7.93. The molecule has 0 aromatic heterocycles. The van der Waals surface area contributed by atoms with Crippen molar-refractivity contribution in [2.75, 3.05) is 19.0 Å². The monoisotopic (exact) mass is 598 g/mol. The first-order valence-corrected chi connectivity index (χ1v) is 11.4. The van der Waals surface area contributed by atoms with Crippen molar-refractivity contribution in [1.82, 2.24) is 5.32 Å². The van der Waals surface area contributed by atoms with E-state index in [9.17, 15) is 36.2 Å². The van der Waals surface area contributed by atoms with Gasteiger partial charge >= 0.3 is 12.1 Å². The predicted octanol–water partition coefficient (Wildman–Crippen LogP) is 6.45. The van der Waals surface area contributed by atoms with Crippen LogP contribution in [0.15, 0.2) is 30.3 Å². The van der Waals surface area contributed by atoms with E-state index >= 15 is 0 Å². The fourth-order valence-corrected chi connectivity index (χ4v) is 4.85. The van der Waals surface area contributed by atoms with Crippen LogP contribution >= 0.6 is 46.4 Å². The third-order valence-electron chi connectivity index (χ3n) is 5.41. The molecule has 1 amide bonds. The second kappa shape index (κ2) is 10.3. The van der Waals surface area contributed by atoms with Crippen LogP contribution in [0, 0.1) is 11.7 Å². The van der Waals surface area contributed by atoms with Gasteiger partial charge in [-0.1, -0.05) is 29.3 Å². The summed E-state index contributed by atoms with van der Waals surface area (Å²) in [4.78, 5) is 12.9. The summed E-state index contributed by atoms with van der Waals surface area (Å²) in [6, 6.07) is 5.97. The molecule has 0 saturated heterocycles. The summed E-state index contributed by atoms with van der Waals surface area (Å²) >= 11 is 24.4. The van der Waals surface area contributed by atoms with Gasteiger partial charge < -0.3 is 15.2 Å². The maximum Gasteiger partial charge on any atom is 0.454 e. The molecule has 2 aromatic rings. The highest BCUT2D eigenvalue weighted by Gasteiger charge is 2.67. The molecule has 198 valence electrons. The molecule has 1 aliphatic carbocycles. The van der Waals surface area contributed by atoms with Crippen molar-refractivity contribution in [2.45, 2.75) is 28.6 Å². The summed E-state index contributed by atoms with van der Waals surface area (Å²) < 4.78 is 80.7. The standard InChI is InChI=1S/C21H16Cl4F6N2O3/c1-36-16-10(17(34)32-7-19(27,28)21(29,30)31)5-9(6-12(16)23)33-18(35)15-14(20(15,24)25)8-2-3-13(26)11(22)4-8/h2-6,14-15,17,32,34H,7H2,1H3,(H,33,35)/t14?,15?,17-/m1/s1. The molecule has 36 heavy (non-hydrogen) atoms. The third kappa shape index (κ3) is 5.76. The van der Waals surface area contributed by atoms with E-state index in [2.05, 4.69) is 5.32 Å². The molecule has 1 fully saturated rings. The van der Waals surface area contributed by atoms with Gasteiger partial charge in [-0.25, -0.2) is 4.39 Å². The van der Waals surface area contributed by atoms with E-state index < -0.39 is 52.8 Å². The maximum absolute atomic E-state index is 13.5. The summed E-state index contributed by atoms with van der Waals surface area (Å²) in [7, 11) is 1.12. The first-order chi connectivity index (χ1) is 16.5. The number of anilines is 1. The molecular formula is C21H16Cl4F6N2O3. The van der Waals surface area contributed by atoms with Crippen molar-refractivity contribution in [2.24, 2.45) is 5.92 Å². The fraction of sp³-hybridized carbons (Fsp3) is 0.381. The van der Waals surface area contributed by atoms with E-state index in [0.29, 0.717) is 5.56 Å². The number of hydrogen-bond acceptors (Lipinski definition) is 4. The Labute approximate surface area is 220 Å². The molecule has 1 aliphatic rings. The zero-order chi connectivity index (χ0) is 27.2. The van der Waals surface area contributed by atoms with Crippen LogP contribution in [-0.2, 0) is 4.79 Å². The summed E-state index contributed by atoms with van der Waals surface area (Å²) in [5, 5.41) is 13.9. The van der Waals surface area contributed by atoms with E-state index in [-0.39, 0.29) is 27.0 Å². The van der Waals surface area contributed by atoms with E-state index in [1.54, 1.807) is 5.32 Å². The van der Waals surface area contributed by atoms with E-state index in [1.165, 1.54) is 18.2 Å². The van der Waals surface area contributed by atoms with Gasteiger partial charge in [0, 0.05) is 17.2 Å². The highest BCUT2D eigenvalue weighted by Crippen LogP contribution is 2.65. The molecule has 0 spiro atoms. The number of aliphatic hydroxyl groups excluding tert-OH is 1. The Hall–Kier alpha value is -1.63. The first-order valence-electron chi connectivity index (χ1n) is 9.88. The van der Waals surface area contributed by atoms with Gasteiger partial charge in [0.15, 0.2) is 0 Å². The van der Waals surface area contributed by atoms with Gasteiger partial charge in [0.2, 0.25) is 5.91 Å². The molecule has 3 N–H and O–H groups in total. The van der Waals surface area contributed by atoms with Gasteiger partial charge in [-0.2, -0.15) is 22.0 Å². The SMILES string of the molecule is COc1c(Cl)cc(NC(=O)C2C(c3ccc(F)c(Cl)c3)C2(Cl)Cl)cc1[C@@H](O)NCC(F)(F)C(F)(F)F. The highest BCUT2D eigenvalue weighted by atomic mass is 35.5. The molecule has 3 rings (SSSR count). The Balaban J connectivity index is 1.81. The lowest BCUT2D eigenvalue weighted by Gasteiger charge is -2.23. The zero-order valence-corrected chi connectivity index (χ0v) is 20.9. The molecule has 3 atom stereocenters. The van der Waals surface area contributed by atoms with Gasteiger partial charge in [0.05, 0.1) is 29.6 Å². The highest BCUT2D eigenvalue weighted by molar-refractivity contribution is 6.53. The number of nitrogens with one attached hydrogen (secondary N) is 2. The van der Waals surface area contributed by atoms with Crippen LogP contribution in [0.4, 0.5) is 32.0 Å². The van der Waals surface area contributed by atoms with Crippen molar-refractivity contribution < 1.29 is 41.0 Å². The lowest BCUT2D eigenvalue weighted by atomic mass is 10.1. The quantitative estimate of drug-likeness (QED) is 0.185. The average Bonchev–Trinajstić information content (AvgIpc) is 3.34. The van der Waals surface area contributed by atoms with Gasteiger partial charge in [-0.15, -0.1) is 23.2 Å². The third-order valence-corrected chi connectivity index (χ3v) is 6.92. The van der Waals surface area contributed by atoms with Crippen LogP contribution in [-0.4, -0.2) is 41.1 Å². The van der Waals surface area contributed by atoms with Crippen molar-refractivity contribution >= 4 is 58.0 Å². The largest absolute Gasteiger partial charge is 0.495 e. The Morgan fingerprint density at radius 1 is 1.14 bits per heavy atom. The van der Waals surface area contributed by atoms with Crippen LogP contribution in [0.5, 0.6) is 5.75 Å². The number of halogens is 10. The first kappa shape index (κ1) is 28.9. The molecule has 2 unspecified atom stereocenters. The van der Waals surface area contributed by atoms with E-state index in [1.807, 2.05) is 0 Å². The minimum Gasteiger partial charge on any atom is -0.495 e. The fourth-order valence-electron chi connectivity index (χ4n) is 3.53. The average molecular weight is 600 g/mol. The molecule has 2 aromatic carbocycles. The Kier molecular flexibility index (Phi) is 8.25. The van der Waals surface area contributed by atoms with Crippen molar-refractivity contribution in [1.29, 1.82) is 0 Å². The van der Waals surface area contributed by atoms with Crippen LogP contribution in [0.1, 0.15) is 23.3 Å². The van der Waals surface area contributed by atoms with Gasteiger partial charge in [-0.05, 0) is 29.8 Å². The zero-order valence-electron chi connectivity index (χ0n) is 17.9. The van der Waals surface area contributed by atoms with Crippen molar-refractivity contribution in [3.05, 3.63) is 57.3 Å². The number of amides is 1. The lowest BCUT2D eigenvalue weighted by Crippen LogP contribution is -2.46. The Morgan fingerprint density at radius 3 is 2.33 bits per heavy atom. The number of methoxy groups -OCH3 is 1. The van der Waals surface area contributed by atoms with Gasteiger partial charge in [0.1, 0.15) is 22.1 Å².